The summed E-state index contributed by atoms with van der Waals surface area (Å²) in [7, 11) is -1.29. The molecule has 2 aromatic rings. The Kier molecular flexibility index (Phi) is 4.70. The fourth-order valence-electron chi connectivity index (χ4n) is 1.91. The molecule has 122 valence electrons. The minimum atomic E-state index is -4.14. The van der Waals surface area contributed by atoms with Gasteiger partial charge in [0.05, 0.1) is 24.8 Å². The molecular formula is C14H14N2O6S. The first-order valence-corrected chi connectivity index (χ1v) is 7.85. The molecular weight excluding hydrogens is 324 g/mol. The summed E-state index contributed by atoms with van der Waals surface area (Å²) < 4.78 is 37.3. The van der Waals surface area contributed by atoms with Crippen LogP contribution in [-0.2, 0) is 10.0 Å². The van der Waals surface area contributed by atoms with Crippen molar-refractivity contribution in [1.82, 2.24) is 0 Å². The summed E-state index contributed by atoms with van der Waals surface area (Å²) in [5.74, 6) is 0.759. The van der Waals surface area contributed by atoms with Crippen molar-refractivity contribution in [2.75, 3.05) is 18.9 Å². The van der Waals surface area contributed by atoms with Crippen LogP contribution < -0.4 is 14.2 Å². The lowest BCUT2D eigenvalue weighted by molar-refractivity contribution is -0.387. The Morgan fingerprint density at radius 2 is 1.61 bits per heavy atom. The number of benzene rings is 2. The highest BCUT2D eigenvalue weighted by atomic mass is 32.2. The number of sulfonamides is 1. The second kappa shape index (κ2) is 6.53. The molecule has 0 bridgehead atoms. The minimum Gasteiger partial charge on any atom is -0.497 e. The van der Waals surface area contributed by atoms with E-state index in [9.17, 15) is 18.5 Å². The fourth-order valence-corrected chi connectivity index (χ4v) is 3.13. The number of para-hydroxylation sites is 1. The van der Waals surface area contributed by atoms with Crippen LogP contribution >= 0.6 is 0 Å². The molecule has 1 N–H and O–H groups in total. The molecule has 0 saturated carbocycles. The van der Waals surface area contributed by atoms with Gasteiger partial charge in [-0.15, -0.1) is 0 Å². The van der Waals surface area contributed by atoms with Gasteiger partial charge in [-0.1, -0.05) is 12.1 Å². The number of nitrogens with zero attached hydrogens (tertiary/aromatic N) is 1. The van der Waals surface area contributed by atoms with E-state index < -0.39 is 25.5 Å². The van der Waals surface area contributed by atoms with Gasteiger partial charge in [-0.2, -0.15) is 0 Å². The Labute approximate surface area is 132 Å². The zero-order valence-corrected chi connectivity index (χ0v) is 13.2. The van der Waals surface area contributed by atoms with Crippen LogP contribution in [0.2, 0.25) is 0 Å². The van der Waals surface area contributed by atoms with E-state index >= 15 is 0 Å². The first kappa shape index (κ1) is 16.6. The molecule has 0 amide bonds. The van der Waals surface area contributed by atoms with Crippen LogP contribution in [0.15, 0.2) is 47.4 Å². The molecule has 0 unspecified atom stereocenters. The highest BCUT2D eigenvalue weighted by Gasteiger charge is 2.25. The molecule has 0 aliphatic rings. The molecule has 0 aromatic heterocycles. The second-order valence-corrected chi connectivity index (χ2v) is 6.08. The van der Waals surface area contributed by atoms with E-state index in [-0.39, 0.29) is 5.69 Å². The monoisotopic (exact) mass is 338 g/mol. The maximum atomic E-state index is 12.4. The van der Waals surface area contributed by atoms with Gasteiger partial charge in [0.2, 0.25) is 0 Å². The molecule has 0 aliphatic carbocycles. The third-order valence-corrected chi connectivity index (χ3v) is 4.38. The molecule has 8 nitrogen and oxygen atoms in total. The number of hydrogen-bond acceptors (Lipinski definition) is 6. The average Bonchev–Trinajstić information content (AvgIpc) is 2.53. The standard InChI is InChI=1S/C14H14N2O6S/c1-21-11-7-10(8-12(9-11)22-2)15-23(19,20)14-6-4-3-5-13(14)16(17)18/h3-9,15H,1-2H3. The number of nitrogens with one attached hydrogen (secondary N) is 1. The number of rotatable bonds is 6. The summed E-state index contributed by atoms with van der Waals surface area (Å²) in [6, 6.07) is 9.55. The van der Waals surface area contributed by atoms with Gasteiger partial charge in [0.15, 0.2) is 4.90 Å². The van der Waals surface area contributed by atoms with Gasteiger partial charge in [-0.05, 0) is 6.07 Å². The van der Waals surface area contributed by atoms with Crippen molar-refractivity contribution in [2.45, 2.75) is 4.90 Å². The normalized spacial score (nSPS) is 10.9. The van der Waals surface area contributed by atoms with Crippen LogP contribution in [0.4, 0.5) is 11.4 Å². The first-order valence-electron chi connectivity index (χ1n) is 6.36. The van der Waals surface area contributed by atoms with Gasteiger partial charge >= 0.3 is 0 Å². The van der Waals surface area contributed by atoms with Gasteiger partial charge in [-0.25, -0.2) is 8.42 Å². The molecule has 2 rings (SSSR count). The van der Waals surface area contributed by atoms with Gasteiger partial charge in [0.25, 0.3) is 15.7 Å². The Morgan fingerprint density at radius 3 is 2.13 bits per heavy atom. The number of ether oxygens (including phenoxy) is 2. The molecule has 0 radical (unpaired) electrons. The van der Waals surface area contributed by atoms with Crippen LogP contribution in [0.1, 0.15) is 0 Å². The zero-order valence-electron chi connectivity index (χ0n) is 12.3. The number of anilines is 1. The smallest absolute Gasteiger partial charge is 0.289 e. The molecule has 0 saturated heterocycles. The number of nitro benzene ring substituents is 1. The fraction of sp³-hybridized carbons (Fsp3) is 0.143. The summed E-state index contributed by atoms with van der Waals surface area (Å²) in [6.07, 6.45) is 0. The van der Waals surface area contributed by atoms with Gasteiger partial charge < -0.3 is 9.47 Å². The molecule has 0 fully saturated rings. The maximum absolute atomic E-state index is 12.4. The SMILES string of the molecule is COc1cc(NS(=O)(=O)c2ccccc2[N+](=O)[O-])cc(OC)c1. The predicted molar refractivity (Wildman–Crippen MR) is 83.5 cm³/mol. The molecule has 0 spiro atoms. The van der Waals surface area contributed by atoms with Gasteiger partial charge in [0.1, 0.15) is 11.5 Å². The van der Waals surface area contributed by atoms with Crippen molar-refractivity contribution >= 4 is 21.4 Å². The highest BCUT2D eigenvalue weighted by Crippen LogP contribution is 2.29. The molecule has 0 atom stereocenters. The van der Waals surface area contributed by atoms with Crippen molar-refractivity contribution in [3.05, 3.63) is 52.6 Å². The van der Waals surface area contributed by atoms with Crippen LogP contribution in [0, 0.1) is 10.1 Å². The maximum Gasteiger partial charge on any atom is 0.289 e. The van der Waals surface area contributed by atoms with Crippen molar-refractivity contribution < 1.29 is 22.8 Å². The van der Waals surface area contributed by atoms with Crippen molar-refractivity contribution in [3.8, 4) is 11.5 Å². The summed E-state index contributed by atoms with van der Waals surface area (Å²) in [5, 5.41) is 11.0. The summed E-state index contributed by atoms with van der Waals surface area (Å²) in [4.78, 5) is 9.82. The Morgan fingerprint density at radius 1 is 1.04 bits per heavy atom. The summed E-state index contributed by atoms with van der Waals surface area (Å²) in [5.41, 5.74) is -0.339. The molecule has 23 heavy (non-hydrogen) atoms. The Balaban J connectivity index is 2.45. The zero-order chi connectivity index (χ0) is 17.0. The Hall–Kier alpha value is -2.81. The largest absolute Gasteiger partial charge is 0.497 e. The van der Waals surface area contributed by atoms with Crippen LogP contribution in [0.25, 0.3) is 0 Å². The minimum absolute atomic E-state index is 0.166. The van der Waals surface area contributed by atoms with Crippen molar-refractivity contribution in [3.63, 3.8) is 0 Å². The first-order chi connectivity index (χ1) is 10.9. The lowest BCUT2D eigenvalue weighted by Crippen LogP contribution is -2.14. The lowest BCUT2D eigenvalue weighted by atomic mass is 10.3. The van der Waals surface area contributed by atoms with Gasteiger partial charge in [0, 0.05) is 24.3 Å². The van der Waals surface area contributed by atoms with Crippen LogP contribution in [0.5, 0.6) is 11.5 Å². The third kappa shape index (κ3) is 3.69. The van der Waals surface area contributed by atoms with Crippen molar-refractivity contribution in [1.29, 1.82) is 0 Å². The Bertz CT molecular complexity index is 813. The number of nitro groups is 1. The summed E-state index contributed by atoms with van der Waals surface area (Å²) >= 11 is 0. The van der Waals surface area contributed by atoms with Crippen LogP contribution in [-0.4, -0.2) is 27.6 Å². The number of hydrogen-bond donors (Lipinski definition) is 1. The van der Waals surface area contributed by atoms with E-state index in [1.807, 2.05) is 0 Å². The lowest BCUT2D eigenvalue weighted by Gasteiger charge is -2.11. The van der Waals surface area contributed by atoms with Crippen molar-refractivity contribution in [2.24, 2.45) is 0 Å². The quantitative estimate of drug-likeness (QED) is 0.640. The van der Waals surface area contributed by atoms with Gasteiger partial charge in [-0.3, -0.25) is 14.8 Å². The molecule has 9 heteroatoms. The third-order valence-electron chi connectivity index (χ3n) is 2.96. The number of methoxy groups -OCH3 is 2. The summed E-state index contributed by atoms with van der Waals surface area (Å²) in [6.45, 7) is 0. The van der Waals surface area contributed by atoms with E-state index in [2.05, 4.69) is 4.72 Å². The van der Waals surface area contributed by atoms with E-state index in [4.69, 9.17) is 9.47 Å². The molecule has 0 aliphatic heterocycles. The van der Waals surface area contributed by atoms with E-state index in [1.54, 1.807) is 6.07 Å². The van der Waals surface area contributed by atoms with Crippen LogP contribution in [0.3, 0.4) is 0 Å². The molecule has 2 aromatic carbocycles. The van der Waals surface area contributed by atoms with E-state index in [1.165, 1.54) is 38.5 Å². The second-order valence-electron chi connectivity index (χ2n) is 4.43. The van der Waals surface area contributed by atoms with E-state index in [0.717, 1.165) is 12.1 Å². The topological polar surface area (TPSA) is 108 Å². The predicted octanol–water partition coefficient (Wildman–Crippen LogP) is 2.41. The molecule has 0 heterocycles. The average molecular weight is 338 g/mol. The highest BCUT2D eigenvalue weighted by molar-refractivity contribution is 7.92. The van der Waals surface area contributed by atoms with E-state index in [0.29, 0.717) is 11.5 Å².